The van der Waals surface area contributed by atoms with Crippen molar-refractivity contribution in [1.29, 1.82) is 0 Å². The molecule has 102 valence electrons. The van der Waals surface area contributed by atoms with Crippen LogP contribution >= 0.6 is 0 Å². The van der Waals surface area contributed by atoms with Gasteiger partial charge in [0.1, 0.15) is 0 Å². The molecule has 2 nitrogen and oxygen atoms in total. The fourth-order valence-corrected chi connectivity index (χ4v) is 2.00. The predicted molar refractivity (Wildman–Crippen MR) is 76.2 cm³/mol. The number of hydrogen-bond acceptors (Lipinski definition) is 2. The topological polar surface area (TPSA) is 29.5 Å². The van der Waals surface area contributed by atoms with Gasteiger partial charge in [0, 0.05) is 0 Å². The number of ether oxygens (including phenoxy) is 1. The summed E-state index contributed by atoms with van der Waals surface area (Å²) < 4.78 is 5.53. The van der Waals surface area contributed by atoms with Crippen LogP contribution < -0.4 is 4.74 Å². The lowest BCUT2D eigenvalue weighted by Crippen LogP contribution is -1.97. The minimum atomic E-state index is 0.233. The van der Waals surface area contributed by atoms with Crippen LogP contribution in [0.5, 0.6) is 11.5 Å². The Hall–Kier alpha value is -1.18. The van der Waals surface area contributed by atoms with Crippen molar-refractivity contribution in [3.8, 4) is 11.5 Å². The lowest BCUT2D eigenvalue weighted by Gasteiger charge is -2.07. The Kier molecular flexibility index (Phi) is 8.11. The average Bonchev–Trinajstić information content (AvgIpc) is 2.39. The Morgan fingerprint density at radius 2 is 1.50 bits per heavy atom. The number of aromatic hydroxyl groups is 1. The van der Waals surface area contributed by atoms with Gasteiger partial charge in [-0.15, -0.1) is 0 Å². The summed E-state index contributed by atoms with van der Waals surface area (Å²) in [4.78, 5) is 0. The lowest BCUT2D eigenvalue weighted by atomic mass is 10.1. The van der Waals surface area contributed by atoms with Crippen LogP contribution in [-0.2, 0) is 0 Å². The Balaban J connectivity index is 1.94. The number of phenols is 1. The maximum Gasteiger partial charge on any atom is 0.160 e. The molecule has 1 aromatic rings. The molecule has 1 aromatic carbocycles. The van der Waals surface area contributed by atoms with Gasteiger partial charge >= 0.3 is 0 Å². The van der Waals surface area contributed by atoms with Crippen molar-refractivity contribution in [2.45, 2.75) is 58.3 Å². The van der Waals surface area contributed by atoms with Crippen molar-refractivity contribution in [3.63, 3.8) is 0 Å². The highest BCUT2D eigenvalue weighted by Gasteiger charge is 1.99. The molecule has 0 aliphatic heterocycles. The molecule has 0 amide bonds. The first kappa shape index (κ1) is 14.9. The minimum absolute atomic E-state index is 0.233. The molecule has 0 aliphatic carbocycles. The molecule has 0 unspecified atom stereocenters. The van der Waals surface area contributed by atoms with Crippen molar-refractivity contribution in [3.05, 3.63) is 24.3 Å². The Morgan fingerprint density at radius 1 is 0.889 bits per heavy atom. The van der Waals surface area contributed by atoms with Gasteiger partial charge in [0.05, 0.1) is 6.61 Å². The molecular weight excluding hydrogens is 224 g/mol. The fraction of sp³-hybridized carbons (Fsp3) is 0.625. The van der Waals surface area contributed by atoms with Gasteiger partial charge in [-0.2, -0.15) is 0 Å². The molecule has 0 saturated heterocycles. The van der Waals surface area contributed by atoms with Gasteiger partial charge in [0.25, 0.3) is 0 Å². The van der Waals surface area contributed by atoms with Gasteiger partial charge in [0.2, 0.25) is 0 Å². The average molecular weight is 250 g/mol. The summed E-state index contributed by atoms with van der Waals surface area (Å²) in [6.45, 7) is 2.95. The van der Waals surface area contributed by atoms with Crippen LogP contribution in [-0.4, -0.2) is 11.7 Å². The monoisotopic (exact) mass is 250 g/mol. The highest BCUT2D eigenvalue weighted by atomic mass is 16.5. The van der Waals surface area contributed by atoms with E-state index in [4.69, 9.17) is 4.74 Å². The number of unbranched alkanes of at least 4 members (excludes halogenated alkanes) is 7. The van der Waals surface area contributed by atoms with Crippen molar-refractivity contribution < 1.29 is 9.84 Å². The quantitative estimate of drug-likeness (QED) is 0.598. The molecule has 0 bridgehead atoms. The fourth-order valence-electron chi connectivity index (χ4n) is 2.00. The smallest absolute Gasteiger partial charge is 0.160 e. The van der Waals surface area contributed by atoms with Crippen LogP contribution in [0.3, 0.4) is 0 Å². The molecule has 0 saturated carbocycles. The van der Waals surface area contributed by atoms with E-state index in [1.54, 1.807) is 18.2 Å². The summed E-state index contributed by atoms with van der Waals surface area (Å²) in [5.41, 5.74) is 0. The molecular formula is C16H26O2. The number of rotatable bonds is 10. The normalized spacial score (nSPS) is 10.5. The van der Waals surface area contributed by atoms with Crippen LogP contribution in [0.25, 0.3) is 0 Å². The zero-order chi connectivity index (χ0) is 13.1. The molecule has 0 spiro atoms. The Labute approximate surface area is 111 Å². The Bertz CT molecular complexity index is 310. The zero-order valence-electron chi connectivity index (χ0n) is 11.5. The van der Waals surface area contributed by atoms with Crippen molar-refractivity contribution >= 4 is 0 Å². The largest absolute Gasteiger partial charge is 0.504 e. The third-order valence-electron chi connectivity index (χ3n) is 3.12. The third kappa shape index (κ3) is 6.53. The van der Waals surface area contributed by atoms with Crippen molar-refractivity contribution in [2.24, 2.45) is 0 Å². The van der Waals surface area contributed by atoms with E-state index >= 15 is 0 Å². The second-order valence-electron chi connectivity index (χ2n) is 4.79. The summed E-state index contributed by atoms with van der Waals surface area (Å²) in [5.74, 6) is 0.831. The summed E-state index contributed by atoms with van der Waals surface area (Å²) in [7, 11) is 0. The van der Waals surface area contributed by atoms with E-state index in [-0.39, 0.29) is 5.75 Å². The number of benzene rings is 1. The highest BCUT2D eigenvalue weighted by Crippen LogP contribution is 2.24. The second kappa shape index (κ2) is 9.81. The standard InChI is InChI=1S/C16H26O2/c1-2-3-4-5-6-7-8-11-14-18-16-13-10-9-12-15(16)17/h9-10,12-13,17H,2-8,11,14H2,1H3. The lowest BCUT2D eigenvalue weighted by molar-refractivity contribution is 0.289. The second-order valence-corrected chi connectivity index (χ2v) is 4.79. The van der Waals surface area contributed by atoms with Crippen LogP contribution in [0.1, 0.15) is 58.3 Å². The molecule has 1 N–H and O–H groups in total. The first-order chi connectivity index (χ1) is 8.84. The van der Waals surface area contributed by atoms with E-state index in [0.29, 0.717) is 12.4 Å². The summed E-state index contributed by atoms with van der Waals surface area (Å²) in [5, 5.41) is 9.51. The van der Waals surface area contributed by atoms with E-state index in [0.717, 1.165) is 6.42 Å². The molecule has 2 heteroatoms. The molecule has 0 aliphatic rings. The molecule has 0 fully saturated rings. The molecule has 0 heterocycles. The van der Waals surface area contributed by atoms with Gasteiger partial charge in [0.15, 0.2) is 11.5 Å². The first-order valence-corrected chi connectivity index (χ1v) is 7.25. The van der Waals surface area contributed by atoms with E-state index in [1.807, 2.05) is 6.07 Å². The third-order valence-corrected chi connectivity index (χ3v) is 3.12. The molecule has 0 atom stereocenters. The van der Waals surface area contributed by atoms with Crippen molar-refractivity contribution in [1.82, 2.24) is 0 Å². The number of para-hydroxylation sites is 2. The summed E-state index contributed by atoms with van der Waals surface area (Å²) in [6, 6.07) is 7.14. The maximum absolute atomic E-state index is 9.51. The Morgan fingerprint density at radius 3 is 2.17 bits per heavy atom. The van der Waals surface area contributed by atoms with Crippen LogP contribution in [0.4, 0.5) is 0 Å². The van der Waals surface area contributed by atoms with Crippen LogP contribution in [0.15, 0.2) is 24.3 Å². The SMILES string of the molecule is CCCCCCCCCCOc1ccccc1O. The van der Waals surface area contributed by atoms with E-state index in [2.05, 4.69) is 6.92 Å². The number of phenolic OH excluding ortho intramolecular Hbond substituents is 1. The van der Waals surface area contributed by atoms with E-state index in [1.165, 1.54) is 44.9 Å². The molecule has 1 rings (SSSR count). The van der Waals surface area contributed by atoms with Gasteiger partial charge in [-0.05, 0) is 18.6 Å². The highest BCUT2D eigenvalue weighted by molar-refractivity contribution is 5.37. The predicted octanol–water partition coefficient (Wildman–Crippen LogP) is 4.91. The molecule has 0 aromatic heterocycles. The summed E-state index contributed by atoms with van der Waals surface area (Å²) >= 11 is 0. The maximum atomic E-state index is 9.51. The van der Waals surface area contributed by atoms with Crippen LogP contribution in [0, 0.1) is 0 Å². The van der Waals surface area contributed by atoms with Gasteiger partial charge in [-0.1, -0.05) is 64.0 Å². The van der Waals surface area contributed by atoms with E-state index in [9.17, 15) is 5.11 Å². The number of hydrogen-bond donors (Lipinski definition) is 1. The van der Waals surface area contributed by atoms with Crippen molar-refractivity contribution in [2.75, 3.05) is 6.61 Å². The van der Waals surface area contributed by atoms with Crippen LogP contribution in [0.2, 0.25) is 0 Å². The molecule has 18 heavy (non-hydrogen) atoms. The molecule has 0 radical (unpaired) electrons. The van der Waals surface area contributed by atoms with Gasteiger partial charge in [-0.25, -0.2) is 0 Å². The first-order valence-electron chi connectivity index (χ1n) is 7.25. The van der Waals surface area contributed by atoms with Gasteiger partial charge < -0.3 is 9.84 Å². The summed E-state index contributed by atoms with van der Waals surface area (Å²) in [6.07, 6.45) is 10.4. The van der Waals surface area contributed by atoms with Gasteiger partial charge in [-0.3, -0.25) is 0 Å². The zero-order valence-corrected chi connectivity index (χ0v) is 11.5. The van der Waals surface area contributed by atoms with E-state index < -0.39 is 0 Å². The minimum Gasteiger partial charge on any atom is -0.504 e.